The van der Waals surface area contributed by atoms with Crippen molar-refractivity contribution in [2.24, 2.45) is 0 Å². The molecule has 0 fully saturated rings. The highest BCUT2D eigenvalue weighted by atomic mass is 32.2. The normalized spacial score (nSPS) is 10.4. The van der Waals surface area contributed by atoms with Gasteiger partial charge in [0.05, 0.1) is 0 Å². The van der Waals surface area contributed by atoms with Crippen molar-refractivity contribution in [1.82, 2.24) is 15.2 Å². The molecule has 0 radical (unpaired) electrons. The van der Waals surface area contributed by atoms with E-state index < -0.39 is 11.5 Å². The number of anilines is 1. The van der Waals surface area contributed by atoms with Crippen LogP contribution in [-0.4, -0.2) is 21.1 Å². The molecule has 2 N–H and O–H groups in total. The summed E-state index contributed by atoms with van der Waals surface area (Å²) in [5.41, 5.74) is 0.795. The van der Waals surface area contributed by atoms with Gasteiger partial charge in [0.1, 0.15) is 5.56 Å². The molecule has 6 nitrogen and oxygen atoms in total. The smallest absolute Gasteiger partial charge is 0.263 e. The zero-order chi connectivity index (χ0) is 16.1. The highest BCUT2D eigenvalue weighted by Crippen LogP contribution is 2.28. The summed E-state index contributed by atoms with van der Waals surface area (Å²) in [6.45, 7) is 0. The maximum atomic E-state index is 12.0. The van der Waals surface area contributed by atoms with Crippen LogP contribution >= 0.6 is 23.1 Å². The van der Waals surface area contributed by atoms with E-state index in [1.807, 2.05) is 30.3 Å². The Bertz CT molecular complexity index is 861. The van der Waals surface area contributed by atoms with E-state index in [9.17, 15) is 9.59 Å². The molecule has 0 saturated heterocycles. The summed E-state index contributed by atoms with van der Waals surface area (Å²) >= 11 is 2.82. The lowest BCUT2D eigenvalue weighted by molar-refractivity contribution is 0.102. The SMILES string of the molecule is O=C(Nc1nnc(SCc2ccccc2)s1)c1ccc[nH]c1=O. The lowest BCUT2D eigenvalue weighted by Gasteiger charge is -1.99. The van der Waals surface area contributed by atoms with Crippen LogP contribution < -0.4 is 10.9 Å². The number of carbonyl (C=O) groups excluding carboxylic acids is 1. The topological polar surface area (TPSA) is 87.7 Å². The number of amides is 1. The number of benzene rings is 1. The molecule has 0 bridgehead atoms. The van der Waals surface area contributed by atoms with Crippen LogP contribution in [0.15, 0.2) is 57.8 Å². The number of hydrogen-bond acceptors (Lipinski definition) is 6. The van der Waals surface area contributed by atoms with Gasteiger partial charge in [0.15, 0.2) is 4.34 Å². The van der Waals surface area contributed by atoms with Gasteiger partial charge in [-0.3, -0.25) is 14.9 Å². The fourth-order valence-corrected chi connectivity index (χ4v) is 3.51. The fraction of sp³-hybridized carbons (Fsp3) is 0.0667. The number of thioether (sulfide) groups is 1. The van der Waals surface area contributed by atoms with Gasteiger partial charge in [-0.2, -0.15) is 0 Å². The van der Waals surface area contributed by atoms with Crippen LogP contribution in [0.1, 0.15) is 15.9 Å². The zero-order valence-corrected chi connectivity index (χ0v) is 13.5. The molecule has 3 rings (SSSR count). The second kappa shape index (κ2) is 7.21. The molecule has 0 aliphatic heterocycles. The molecule has 2 heterocycles. The number of rotatable bonds is 5. The molecule has 0 unspecified atom stereocenters. The largest absolute Gasteiger partial charge is 0.328 e. The molecule has 2 aromatic heterocycles. The molecule has 3 aromatic rings. The highest BCUT2D eigenvalue weighted by molar-refractivity contribution is 8.00. The summed E-state index contributed by atoms with van der Waals surface area (Å²) in [6.07, 6.45) is 1.47. The fourth-order valence-electron chi connectivity index (χ4n) is 1.80. The average Bonchev–Trinajstić information content (AvgIpc) is 3.02. The Morgan fingerprint density at radius 3 is 2.78 bits per heavy atom. The first-order valence-corrected chi connectivity index (χ1v) is 8.52. The quantitative estimate of drug-likeness (QED) is 0.549. The molecule has 8 heteroatoms. The maximum Gasteiger partial charge on any atom is 0.263 e. The zero-order valence-electron chi connectivity index (χ0n) is 11.9. The first kappa shape index (κ1) is 15.4. The van der Waals surface area contributed by atoms with Gasteiger partial charge in [-0.25, -0.2) is 0 Å². The third-order valence-electron chi connectivity index (χ3n) is 2.89. The van der Waals surface area contributed by atoms with Crippen molar-refractivity contribution in [2.45, 2.75) is 10.1 Å². The summed E-state index contributed by atoms with van der Waals surface area (Å²) in [4.78, 5) is 26.0. The van der Waals surface area contributed by atoms with Gasteiger partial charge in [0.25, 0.3) is 11.5 Å². The van der Waals surface area contributed by atoms with Gasteiger partial charge >= 0.3 is 0 Å². The van der Waals surface area contributed by atoms with Crippen molar-refractivity contribution in [2.75, 3.05) is 5.32 Å². The molecule has 0 aliphatic rings. The van der Waals surface area contributed by atoms with E-state index in [1.54, 1.807) is 17.8 Å². The second-order valence-corrected chi connectivity index (χ2v) is 6.71. The minimum atomic E-state index is -0.498. The van der Waals surface area contributed by atoms with Crippen LogP contribution in [0, 0.1) is 0 Å². The Morgan fingerprint density at radius 2 is 2.00 bits per heavy atom. The predicted molar refractivity (Wildman–Crippen MR) is 90.9 cm³/mol. The van der Waals surface area contributed by atoms with E-state index >= 15 is 0 Å². The summed E-state index contributed by atoms with van der Waals surface area (Å²) in [5.74, 6) is 0.282. The van der Waals surface area contributed by atoms with Crippen molar-refractivity contribution in [1.29, 1.82) is 0 Å². The maximum absolute atomic E-state index is 12.0. The van der Waals surface area contributed by atoms with E-state index in [4.69, 9.17) is 0 Å². The summed E-state index contributed by atoms with van der Waals surface area (Å²) in [6, 6.07) is 13.1. The molecule has 0 atom stereocenters. The third-order valence-corrected chi connectivity index (χ3v) is 4.94. The van der Waals surface area contributed by atoms with E-state index in [2.05, 4.69) is 20.5 Å². The van der Waals surface area contributed by atoms with Crippen molar-refractivity contribution in [3.8, 4) is 0 Å². The third kappa shape index (κ3) is 4.05. The molecule has 0 saturated carbocycles. The molecule has 0 aliphatic carbocycles. The summed E-state index contributed by atoms with van der Waals surface area (Å²) in [7, 11) is 0. The number of carbonyl (C=O) groups is 1. The van der Waals surface area contributed by atoms with E-state index in [0.717, 1.165) is 10.1 Å². The predicted octanol–water partition coefficient (Wildman–Crippen LogP) is 2.77. The van der Waals surface area contributed by atoms with Gasteiger partial charge in [-0.05, 0) is 17.7 Å². The standard InChI is InChI=1S/C15H12N4O2S2/c20-12-11(7-4-8-16-12)13(21)17-14-18-19-15(23-14)22-9-10-5-2-1-3-6-10/h1-8H,9H2,(H,16,20)(H,17,18,21). The van der Waals surface area contributed by atoms with Crippen molar-refractivity contribution in [3.05, 3.63) is 70.1 Å². The number of aromatic nitrogens is 3. The number of H-pyrrole nitrogens is 1. The summed E-state index contributed by atoms with van der Waals surface area (Å²) < 4.78 is 0.756. The first-order valence-electron chi connectivity index (χ1n) is 6.71. The Morgan fingerprint density at radius 1 is 1.17 bits per heavy atom. The Hall–Kier alpha value is -2.45. The molecular weight excluding hydrogens is 332 g/mol. The van der Waals surface area contributed by atoms with Crippen molar-refractivity contribution in [3.63, 3.8) is 0 Å². The Labute approximate surface area is 140 Å². The van der Waals surface area contributed by atoms with E-state index in [1.165, 1.54) is 29.2 Å². The first-order chi connectivity index (χ1) is 11.2. The Balaban J connectivity index is 1.62. The van der Waals surface area contributed by atoms with Crippen LogP contribution in [0.2, 0.25) is 0 Å². The molecule has 0 spiro atoms. The number of pyridine rings is 1. The molecule has 116 valence electrons. The number of nitrogens with zero attached hydrogens (tertiary/aromatic N) is 2. The van der Waals surface area contributed by atoms with Crippen LogP contribution in [0.5, 0.6) is 0 Å². The van der Waals surface area contributed by atoms with Gasteiger partial charge in [0.2, 0.25) is 5.13 Å². The average molecular weight is 344 g/mol. The van der Waals surface area contributed by atoms with Crippen LogP contribution in [-0.2, 0) is 5.75 Å². The van der Waals surface area contributed by atoms with Crippen molar-refractivity contribution >= 4 is 34.1 Å². The lowest BCUT2D eigenvalue weighted by Crippen LogP contribution is -2.22. The van der Waals surface area contributed by atoms with Crippen LogP contribution in [0.4, 0.5) is 5.13 Å². The summed E-state index contributed by atoms with van der Waals surface area (Å²) in [5, 5.41) is 10.9. The highest BCUT2D eigenvalue weighted by Gasteiger charge is 2.13. The van der Waals surface area contributed by atoms with Crippen molar-refractivity contribution < 1.29 is 4.79 Å². The minimum Gasteiger partial charge on any atom is -0.328 e. The Kier molecular flexibility index (Phi) is 4.84. The van der Waals surface area contributed by atoms with Gasteiger partial charge in [-0.1, -0.05) is 53.4 Å². The van der Waals surface area contributed by atoms with E-state index in [-0.39, 0.29) is 5.56 Å². The number of aromatic amines is 1. The number of hydrogen-bond donors (Lipinski definition) is 2. The minimum absolute atomic E-state index is 0.0428. The van der Waals surface area contributed by atoms with Crippen LogP contribution in [0.25, 0.3) is 0 Å². The van der Waals surface area contributed by atoms with Gasteiger partial charge in [-0.15, -0.1) is 10.2 Å². The molecule has 1 aromatic carbocycles. The second-order valence-electron chi connectivity index (χ2n) is 4.51. The van der Waals surface area contributed by atoms with Gasteiger partial charge in [0, 0.05) is 11.9 Å². The monoisotopic (exact) mass is 344 g/mol. The number of nitrogens with one attached hydrogen (secondary N) is 2. The van der Waals surface area contributed by atoms with Crippen LogP contribution in [0.3, 0.4) is 0 Å². The molecule has 1 amide bonds. The van der Waals surface area contributed by atoms with E-state index in [0.29, 0.717) is 5.13 Å². The van der Waals surface area contributed by atoms with Gasteiger partial charge < -0.3 is 4.98 Å². The molecule has 23 heavy (non-hydrogen) atoms. The lowest BCUT2D eigenvalue weighted by atomic mass is 10.2. The molecular formula is C15H12N4O2S2.